The van der Waals surface area contributed by atoms with Crippen LogP contribution in [0.25, 0.3) is 0 Å². The molecule has 0 bridgehead atoms. The van der Waals surface area contributed by atoms with Crippen molar-refractivity contribution in [1.29, 1.82) is 0 Å². The predicted octanol–water partition coefficient (Wildman–Crippen LogP) is 0.511. The number of carboxylic acid groups (broad SMARTS) is 1. The van der Waals surface area contributed by atoms with Gasteiger partial charge in [0.15, 0.2) is 42.8 Å². The van der Waals surface area contributed by atoms with E-state index in [0.717, 1.165) is 31.9 Å². The summed E-state index contributed by atoms with van der Waals surface area (Å²) in [5.74, 6) is -0.989. The first kappa shape index (κ1) is 48.5. The number of aliphatic hydroxyl groups is 2. The molecule has 0 saturated carbocycles. The fourth-order valence-corrected chi connectivity index (χ4v) is 9.33. The van der Waals surface area contributed by atoms with Crippen LogP contribution in [-0.4, -0.2) is 184 Å². The summed E-state index contributed by atoms with van der Waals surface area (Å²) in [5, 5.41) is 30.7. The van der Waals surface area contributed by atoms with E-state index in [0.29, 0.717) is 82.6 Å². The lowest BCUT2D eigenvalue weighted by Gasteiger charge is -2.45. The van der Waals surface area contributed by atoms with Crippen LogP contribution in [0, 0.1) is 0 Å². The molecule has 6 aliphatic rings. The fourth-order valence-electron chi connectivity index (χ4n) is 8.36. The Bertz CT molecular complexity index is 2240. The Morgan fingerprint density at radius 1 is 0.714 bits per heavy atom. The molecule has 1 amide bonds. The third-order valence-corrected chi connectivity index (χ3v) is 16.8. The van der Waals surface area contributed by atoms with E-state index < -0.39 is 46.9 Å². The molecule has 2 aromatic rings. The Balaban J connectivity index is 0.000000184. The average molecular weight is 927 g/mol. The number of hydrogen-bond acceptors (Lipinski definition) is 19. The number of carbonyl (C=O) groups excluding carboxylic acids is 1. The molecule has 8 heterocycles. The molecule has 352 valence electrons. The van der Waals surface area contributed by atoms with E-state index in [4.69, 9.17) is 24.1 Å². The topological polar surface area (TPSA) is 273 Å². The van der Waals surface area contributed by atoms with Crippen molar-refractivity contribution in [3.63, 3.8) is 0 Å². The van der Waals surface area contributed by atoms with Crippen molar-refractivity contribution in [3.05, 3.63) is 23.0 Å². The number of aliphatic hydroxyl groups excluding tert-OH is 2. The number of likely N-dealkylation sites (tertiary alicyclic amines) is 1. The summed E-state index contributed by atoms with van der Waals surface area (Å²) in [6.07, 6.45) is 6.11. The van der Waals surface area contributed by atoms with Crippen molar-refractivity contribution < 1.29 is 60.7 Å². The zero-order chi connectivity index (χ0) is 46.2. The molecule has 4 fully saturated rings. The minimum Gasteiger partial charge on any atom is -0.486 e. The summed E-state index contributed by atoms with van der Waals surface area (Å²) in [6.45, 7) is 14.2. The number of aromatic carboxylic acids is 1. The summed E-state index contributed by atoms with van der Waals surface area (Å²) < 4.78 is 69.9. The van der Waals surface area contributed by atoms with Crippen LogP contribution in [0.2, 0.25) is 0 Å². The summed E-state index contributed by atoms with van der Waals surface area (Å²) in [4.78, 5) is 47.6. The lowest BCUT2D eigenvalue weighted by molar-refractivity contribution is 0.0478. The summed E-state index contributed by atoms with van der Waals surface area (Å²) in [5.41, 5.74) is 0.245. The standard InChI is InChI=1S/C20H30N4O6S.C15H21N3O6S.C5H11NO/c1-12-9-29-10-14-11-30-15-16(20(2,3)31(4,27)28)21-17(22-18(15)24(12)14)19(26)23-7-5-6-13(23)8-25;1-8-5-23-6-9-7-24-10-11(15(2,3)25(4,21)22)16-12(14(19)20)17-13(10)18(8)9;7-4-5-2-1-3-6-5/h12-14,25H,5-11H2,1-4H3;8-9H,5-7H2,1-4H3,(H,19,20);5-7H,1-4H2/t12-,13-,14+;8-,9+;5-/m111/s1. The second kappa shape index (κ2) is 18.8. The van der Waals surface area contributed by atoms with Gasteiger partial charge in [0.25, 0.3) is 5.91 Å². The third kappa shape index (κ3) is 9.69. The second-order valence-electron chi connectivity index (χ2n) is 17.9. The van der Waals surface area contributed by atoms with Crippen LogP contribution in [0.15, 0.2) is 0 Å². The highest BCUT2D eigenvalue weighted by molar-refractivity contribution is 7.91. The molecule has 6 atom stereocenters. The van der Waals surface area contributed by atoms with Gasteiger partial charge in [-0.25, -0.2) is 41.6 Å². The zero-order valence-corrected chi connectivity index (χ0v) is 38.9. The Morgan fingerprint density at radius 3 is 1.62 bits per heavy atom. The molecule has 0 spiro atoms. The van der Waals surface area contributed by atoms with Crippen molar-refractivity contribution in [2.24, 2.45) is 0 Å². The maximum atomic E-state index is 13.3. The first-order valence-electron chi connectivity index (χ1n) is 21.2. The molecule has 21 nitrogen and oxygen atoms in total. The van der Waals surface area contributed by atoms with Gasteiger partial charge in [0.2, 0.25) is 11.6 Å². The molecular weight excluding hydrogens is 865 g/mol. The van der Waals surface area contributed by atoms with Crippen molar-refractivity contribution >= 4 is 43.2 Å². The number of anilines is 2. The molecule has 0 radical (unpaired) electrons. The Hall–Kier alpha value is -4.00. The maximum absolute atomic E-state index is 13.3. The highest BCUT2D eigenvalue weighted by Gasteiger charge is 2.46. The van der Waals surface area contributed by atoms with E-state index in [1.807, 2.05) is 18.7 Å². The average Bonchev–Trinajstić information content (AvgIpc) is 3.95. The number of carboxylic acids is 1. The van der Waals surface area contributed by atoms with Crippen LogP contribution < -0.4 is 24.6 Å². The number of nitrogens with zero attached hydrogens (tertiary/aromatic N) is 7. The normalized spacial score (nSPS) is 25.7. The van der Waals surface area contributed by atoms with E-state index in [2.05, 4.69) is 30.2 Å². The van der Waals surface area contributed by atoms with E-state index in [1.54, 1.807) is 18.7 Å². The highest BCUT2D eigenvalue weighted by Crippen LogP contribution is 2.45. The van der Waals surface area contributed by atoms with Crippen LogP contribution in [0.1, 0.15) is 99.9 Å². The molecule has 6 aliphatic heterocycles. The van der Waals surface area contributed by atoms with Crippen molar-refractivity contribution in [1.82, 2.24) is 30.2 Å². The maximum Gasteiger partial charge on any atom is 0.374 e. The van der Waals surface area contributed by atoms with Gasteiger partial charge in [-0.2, -0.15) is 0 Å². The van der Waals surface area contributed by atoms with E-state index in [1.165, 1.54) is 20.3 Å². The molecule has 23 heteroatoms. The largest absolute Gasteiger partial charge is 0.486 e. The van der Waals surface area contributed by atoms with Crippen molar-refractivity contribution in [2.45, 2.75) is 113 Å². The lowest BCUT2D eigenvalue weighted by atomic mass is 10.0. The van der Waals surface area contributed by atoms with Gasteiger partial charge in [0.1, 0.15) is 34.1 Å². The molecule has 0 unspecified atom stereocenters. The Kier molecular flexibility index (Phi) is 14.5. The van der Waals surface area contributed by atoms with E-state index in [-0.39, 0.29) is 59.8 Å². The zero-order valence-electron chi connectivity index (χ0n) is 37.2. The van der Waals surface area contributed by atoms with Crippen LogP contribution in [0.5, 0.6) is 11.5 Å². The molecule has 0 aliphatic carbocycles. The van der Waals surface area contributed by atoms with Crippen molar-refractivity contribution in [3.8, 4) is 11.5 Å². The number of carbonyl (C=O) groups is 2. The van der Waals surface area contributed by atoms with Gasteiger partial charge >= 0.3 is 5.97 Å². The fraction of sp³-hybridized carbons (Fsp3) is 0.750. The highest BCUT2D eigenvalue weighted by atomic mass is 32.2. The van der Waals surface area contributed by atoms with Gasteiger partial charge < -0.3 is 54.3 Å². The van der Waals surface area contributed by atoms with Crippen molar-refractivity contribution in [2.75, 3.05) is 88.3 Å². The Morgan fingerprint density at radius 2 is 1.21 bits per heavy atom. The number of aromatic nitrogens is 4. The van der Waals surface area contributed by atoms with Crippen LogP contribution in [0.4, 0.5) is 11.6 Å². The van der Waals surface area contributed by atoms with Gasteiger partial charge in [0.05, 0.1) is 69.9 Å². The molecule has 4 saturated heterocycles. The van der Waals surface area contributed by atoms with E-state index >= 15 is 0 Å². The number of ether oxygens (including phenoxy) is 4. The third-order valence-electron chi connectivity index (χ3n) is 12.7. The number of fused-ring (bicyclic) bond motifs is 6. The lowest BCUT2D eigenvalue weighted by Crippen LogP contribution is -2.56. The number of sulfone groups is 2. The number of amides is 1. The SMILES string of the molecule is C[C@@H]1COC[C@H]2COc3c(nc(C(=O)N4CCC[C@@H]4CO)nc3C(C)(C)S(C)(=O)=O)N21.C[C@@H]1COC[C@H]2COc3c(nc(C(=O)O)nc3C(C)(C)S(C)(=O)=O)N21.OC[C@H]1CCCN1. The molecule has 0 aromatic carbocycles. The first-order valence-corrected chi connectivity index (χ1v) is 25.0. The Labute approximate surface area is 368 Å². The minimum absolute atomic E-state index is 0.0228. The summed E-state index contributed by atoms with van der Waals surface area (Å²) >= 11 is 0. The molecule has 63 heavy (non-hydrogen) atoms. The van der Waals surface area contributed by atoms with Gasteiger partial charge in [-0.15, -0.1) is 0 Å². The monoisotopic (exact) mass is 926 g/mol. The van der Waals surface area contributed by atoms with Crippen LogP contribution in [-0.2, 0) is 38.6 Å². The van der Waals surface area contributed by atoms with Crippen LogP contribution in [0.3, 0.4) is 0 Å². The minimum atomic E-state index is -3.59. The van der Waals surface area contributed by atoms with Gasteiger partial charge in [-0.1, -0.05) is 0 Å². The van der Waals surface area contributed by atoms with E-state index in [9.17, 15) is 36.6 Å². The van der Waals surface area contributed by atoms with Gasteiger partial charge in [-0.3, -0.25) is 4.79 Å². The van der Waals surface area contributed by atoms with Gasteiger partial charge in [-0.05, 0) is 73.8 Å². The molecule has 8 rings (SSSR count). The smallest absolute Gasteiger partial charge is 0.374 e. The number of rotatable bonds is 8. The first-order chi connectivity index (χ1) is 29.5. The van der Waals surface area contributed by atoms with Crippen LogP contribution >= 0.6 is 0 Å². The van der Waals surface area contributed by atoms with Gasteiger partial charge in [0, 0.05) is 25.1 Å². The summed E-state index contributed by atoms with van der Waals surface area (Å²) in [6, 6.07) is -0.148. The molecule has 2 aromatic heterocycles. The second-order valence-corrected chi connectivity index (χ2v) is 23.1. The summed E-state index contributed by atoms with van der Waals surface area (Å²) in [7, 11) is -7.17. The predicted molar refractivity (Wildman–Crippen MR) is 230 cm³/mol. The molecule has 4 N–H and O–H groups in total. The number of hydrogen-bond donors (Lipinski definition) is 4. The number of morpholine rings is 2. The quantitative estimate of drug-likeness (QED) is 0.281. The number of nitrogens with one attached hydrogen (secondary N) is 1. The molecular formula is C40H62N8O13S2.